The van der Waals surface area contributed by atoms with E-state index in [4.69, 9.17) is 9.47 Å². The Bertz CT molecular complexity index is 811. The Balaban J connectivity index is 1.67. The number of nitrogens with zero attached hydrogens (tertiary/aromatic N) is 3. The minimum atomic E-state index is -0.297. The highest BCUT2D eigenvalue weighted by Crippen LogP contribution is 2.27. The molecule has 3 rings (SSSR count). The van der Waals surface area contributed by atoms with Gasteiger partial charge in [-0.2, -0.15) is 0 Å². The number of carbonyl (C=O) groups excluding carboxylic acids is 1. The van der Waals surface area contributed by atoms with Gasteiger partial charge in [0.2, 0.25) is 5.13 Å². The molecule has 0 radical (unpaired) electrons. The van der Waals surface area contributed by atoms with Crippen molar-refractivity contribution in [3.05, 3.63) is 41.9 Å². The van der Waals surface area contributed by atoms with Crippen LogP contribution in [0.15, 0.2) is 41.4 Å². The molecule has 7 nitrogen and oxygen atoms in total. The average molecular weight is 405 g/mol. The van der Waals surface area contributed by atoms with Crippen LogP contribution in [0.1, 0.15) is 23.7 Å². The summed E-state index contributed by atoms with van der Waals surface area (Å²) in [4.78, 5) is 16.8. The topological polar surface area (TPSA) is 85.7 Å². The number of benzene rings is 1. The molecule has 142 valence electrons. The Hall–Kier alpha value is -2.39. The maximum absolute atomic E-state index is 12.5. The summed E-state index contributed by atoms with van der Waals surface area (Å²) in [5.74, 6) is 0.825. The van der Waals surface area contributed by atoms with E-state index in [1.54, 1.807) is 41.5 Å². The van der Waals surface area contributed by atoms with Crippen molar-refractivity contribution in [1.29, 1.82) is 0 Å². The number of ether oxygens (including phenoxy) is 2. The lowest BCUT2D eigenvalue weighted by atomic mass is 10.2. The molecule has 0 spiro atoms. The van der Waals surface area contributed by atoms with Gasteiger partial charge in [0, 0.05) is 16.9 Å². The number of rotatable bonds is 9. The average Bonchev–Trinajstić information content (AvgIpc) is 3.32. The van der Waals surface area contributed by atoms with E-state index >= 15 is 0 Å². The fraction of sp³-hybridized carbons (Fsp3) is 0.333. The number of amides is 1. The van der Waals surface area contributed by atoms with Crippen molar-refractivity contribution >= 4 is 39.7 Å². The van der Waals surface area contributed by atoms with E-state index in [-0.39, 0.29) is 5.91 Å². The summed E-state index contributed by atoms with van der Waals surface area (Å²) in [7, 11) is 0. The van der Waals surface area contributed by atoms with Crippen LogP contribution in [0.2, 0.25) is 0 Å². The normalized spacial score (nSPS) is 18.3. The lowest BCUT2D eigenvalue weighted by Gasteiger charge is -2.15. The molecule has 1 aliphatic heterocycles. The minimum Gasteiger partial charge on any atom is -0.493 e. The molecule has 2 unspecified atom stereocenters. The van der Waals surface area contributed by atoms with Crippen molar-refractivity contribution in [3.63, 3.8) is 0 Å². The zero-order valence-corrected chi connectivity index (χ0v) is 16.5. The molecule has 1 aromatic carbocycles. The fourth-order valence-electron chi connectivity index (χ4n) is 2.44. The predicted molar refractivity (Wildman–Crippen MR) is 109 cm³/mol. The third kappa shape index (κ3) is 5.54. The fourth-order valence-corrected chi connectivity index (χ4v) is 3.83. The summed E-state index contributed by atoms with van der Waals surface area (Å²) in [6.45, 7) is 6.62. The van der Waals surface area contributed by atoms with Crippen molar-refractivity contribution in [2.75, 3.05) is 18.5 Å². The van der Waals surface area contributed by atoms with E-state index in [9.17, 15) is 4.79 Å². The maximum Gasteiger partial charge on any atom is 0.257 e. The van der Waals surface area contributed by atoms with Crippen LogP contribution in [0, 0.1) is 0 Å². The minimum absolute atomic E-state index is 0.297. The number of carbonyl (C=O) groups is 1. The largest absolute Gasteiger partial charge is 0.493 e. The zero-order chi connectivity index (χ0) is 19.1. The molecule has 1 aliphatic rings. The highest BCUT2D eigenvalue weighted by molar-refractivity contribution is 8.12. The summed E-state index contributed by atoms with van der Waals surface area (Å²) in [6.07, 6.45) is 2.52. The van der Waals surface area contributed by atoms with Crippen LogP contribution in [0.4, 0.5) is 5.13 Å². The van der Waals surface area contributed by atoms with Gasteiger partial charge in [0.15, 0.2) is 0 Å². The molecule has 0 saturated heterocycles. The van der Waals surface area contributed by atoms with Gasteiger partial charge in [-0.3, -0.25) is 15.1 Å². The van der Waals surface area contributed by atoms with Gasteiger partial charge in [0.25, 0.3) is 5.91 Å². The molecule has 0 saturated carbocycles. The number of aromatic nitrogens is 2. The number of nitrogens with one attached hydrogen (secondary N) is 1. The smallest absolute Gasteiger partial charge is 0.257 e. The molecular weight excluding hydrogens is 384 g/mol. The Morgan fingerprint density at radius 2 is 2.15 bits per heavy atom. The Labute approximate surface area is 165 Å². The molecule has 2 heterocycles. The number of thioether (sulfide) groups is 1. The van der Waals surface area contributed by atoms with E-state index in [1.165, 1.54) is 11.3 Å². The molecule has 27 heavy (non-hydrogen) atoms. The van der Waals surface area contributed by atoms with Crippen LogP contribution in [-0.2, 0) is 0 Å². The molecular formula is C18H20N4O3S2. The molecule has 9 heteroatoms. The number of hydrogen-bond acceptors (Lipinski definition) is 8. The van der Waals surface area contributed by atoms with Gasteiger partial charge in [-0.15, -0.1) is 22.0 Å². The predicted octanol–water partition coefficient (Wildman–Crippen LogP) is 3.66. The summed E-state index contributed by atoms with van der Waals surface area (Å²) in [5.41, 5.74) is 3.88. The van der Waals surface area contributed by atoms with Crippen molar-refractivity contribution in [3.8, 4) is 11.5 Å². The lowest BCUT2D eigenvalue weighted by Crippen LogP contribution is -2.17. The summed E-state index contributed by atoms with van der Waals surface area (Å²) in [5, 5.41) is 11.1. The number of anilines is 1. The van der Waals surface area contributed by atoms with Crippen LogP contribution in [0.5, 0.6) is 11.5 Å². The highest BCUT2D eigenvalue weighted by Gasteiger charge is 2.20. The molecule has 1 N–H and O–H groups in total. The second-order valence-corrected chi connectivity index (χ2v) is 7.72. The van der Waals surface area contributed by atoms with Crippen molar-refractivity contribution < 1.29 is 14.3 Å². The zero-order valence-electron chi connectivity index (χ0n) is 14.8. The van der Waals surface area contributed by atoms with Gasteiger partial charge in [-0.1, -0.05) is 24.0 Å². The van der Waals surface area contributed by atoms with Crippen molar-refractivity contribution in [2.24, 2.45) is 4.99 Å². The van der Waals surface area contributed by atoms with Crippen molar-refractivity contribution in [2.45, 2.75) is 24.6 Å². The second-order valence-electron chi connectivity index (χ2n) is 5.80. The quantitative estimate of drug-likeness (QED) is 0.642. The van der Waals surface area contributed by atoms with Crippen LogP contribution in [0.3, 0.4) is 0 Å². The van der Waals surface area contributed by atoms with Crippen LogP contribution < -0.4 is 14.8 Å². The van der Waals surface area contributed by atoms with Gasteiger partial charge < -0.3 is 9.47 Å². The molecule has 2 aromatic rings. The van der Waals surface area contributed by atoms with E-state index in [0.717, 1.165) is 6.42 Å². The van der Waals surface area contributed by atoms with Crippen molar-refractivity contribution in [1.82, 2.24) is 10.2 Å². The lowest BCUT2D eigenvalue weighted by molar-refractivity contribution is 0.102. The van der Waals surface area contributed by atoms with Gasteiger partial charge in [-0.05, 0) is 25.5 Å². The molecule has 0 aliphatic carbocycles. The standard InChI is InChI=1S/C18H20N4O3S2/c1-3-5-24-14-7-13(17(23)21-18-22-20-11-27-18)8-15(9-14)25-6-4-16-12(2)19-10-26-16/h3,7-12,16H,1,4-6H2,2H3,(H,21,22,23). The monoisotopic (exact) mass is 404 g/mol. The van der Waals surface area contributed by atoms with Crippen LogP contribution in [-0.4, -0.2) is 46.2 Å². The Morgan fingerprint density at radius 1 is 1.33 bits per heavy atom. The van der Waals surface area contributed by atoms with Gasteiger partial charge in [-0.25, -0.2) is 0 Å². The third-order valence-corrected chi connectivity index (χ3v) is 5.66. The number of aliphatic imine (C=N–C) groups is 1. The van der Waals surface area contributed by atoms with E-state index in [1.807, 2.05) is 5.55 Å². The van der Waals surface area contributed by atoms with Crippen LogP contribution >= 0.6 is 23.1 Å². The summed E-state index contributed by atoms with van der Waals surface area (Å²) < 4.78 is 11.5. The first kappa shape index (κ1) is 19.4. The molecule has 2 atom stereocenters. The first-order chi connectivity index (χ1) is 13.2. The van der Waals surface area contributed by atoms with E-state index in [0.29, 0.717) is 46.7 Å². The van der Waals surface area contributed by atoms with Gasteiger partial charge >= 0.3 is 0 Å². The Kier molecular flexibility index (Phi) is 6.83. The second kappa shape index (κ2) is 9.52. The highest BCUT2D eigenvalue weighted by atomic mass is 32.2. The maximum atomic E-state index is 12.5. The van der Waals surface area contributed by atoms with E-state index in [2.05, 4.69) is 34.0 Å². The number of hydrogen-bond donors (Lipinski definition) is 1. The van der Waals surface area contributed by atoms with Gasteiger partial charge in [0.1, 0.15) is 23.6 Å². The molecule has 1 aromatic heterocycles. The molecule has 1 amide bonds. The third-order valence-electron chi connectivity index (χ3n) is 3.83. The van der Waals surface area contributed by atoms with Crippen LogP contribution in [0.25, 0.3) is 0 Å². The summed E-state index contributed by atoms with van der Waals surface area (Å²) in [6, 6.07) is 5.43. The first-order valence-corrected chi connectivity index (χ1v) is 10.2. The SMILES string of the molecule is C=CCOc1cc(OCCC2SC=NC2C)cc(C(=O)Nc2nncs2)c1. The summed E-state index contributed by atoms with van der Waals surface area (Å²) >= 11 is 2.98. The van der Waals surface area contributed by atoms with E-state index < -0.39 is 0 Å². The first-order valence-electron chi connectivity index (χ1n) is 8.42. The van der Waals surface area contributed by atoms with Gasteiger partial charge in [0.05, 0.1) is 18.2 Å². The molecule has 0 fully saturated rings. The molecule has 0 bridgehead atoms. The Morgan fingerprint density at radius 3 is 2.81 bits per heavy atom.